The Bertz CT molecular complexity index is 1400. The number of rotatable bonds is 7. The number of carbonyl (C=O) groups is 3. The van der Waals surface area contributed by atoms with E-state index in [2.05, 4.69) is 5.32 Å². The maximum atomic E-state index is 14.8. The van der Waals surface area contributed by atoms with Gasteiger partial charge >= 0.3 is 0 Å². The molecule has 0 saturated carbocycles. The molecule has 2 amide bonds. The summed E-state index contributed by atoms with van der Waals surface area (Å²) >= 11 is 5.79. The van der Waals surface area contributed by atoms with E-state index in [-0.39, 0.29) is 22.7 Å². The number of nitrogens with zero attached hydrogens (tertiary/aromatic N) is 2. The van der Waals surface area contributed by atoms with Crippen molar-refractivity contribution in [3.05, 3.63) is 70.6 Å². The number of alkyl halides is 1. The lowest BCUT2D eigenvalue weighted by molar-refractivity contribution is -0.141. The molecule has 0 aliphatic carbocycles. The summed E-state index contributed by atoms with van der Waals surface area (Å²) in [5.41, 5.74) is 0.453. The molecule has 10 heteroatoms. The van der Waals surface area contributed by atoms with Gasteiger partial charge in [-0.25, -0.2) is 8.78 Å². The molecule has 2 heterocycles. The predicted octanol–water partition coefficient (Wildman–Crippen LogP) is 3.52. The lowest BCUT2D eigenvalue weighted by Gasteiger charge is -2.26. The molecule has 0 spiro atoms. The van der Waals surface area contributed by atoms with Gasteiger partial charge < -0.3 is 19.5 Å². The fraction of sp³-hybridized carbons (Fsp3) is 0.320. The fourth-order valence-electron chi connectivity index (χ4n) is 4.37. The average Bonchev–Trinajstić information content (AvgIpc) is 3.41. The van der Waals surface area contributed by atoms with Gasteiger partial charge in [0.25, 0.3) is 0 Å². The Hall–Kier alpha value is -3.30. The van der Waals surface area contributed by atoms with Crippen LogP contribution in [0.15, 0.2) is 48.7 Å². The highest BCUT2D eigenvalue weighted by Gasteiger charge is 2.48. The molecular weight excluding hydrogens is 480 g/mol. The number of halogens is 3. The van der Waals surface area contributed by atoms with E-state index in [1.807, 2.05) is 0 Å². The number of amides is 2. The maximum Gasteiger partial charge on any atom is 0.245 e. The van der Waals surface area contributed by atoms with Crippen LogP contribution in [-0.2, 0) is 27.4 Å². The molecule has 0 radical (unpaired) electrons. The van der Waals surface area contributed by atoms with Gasteiger partial charge in [0.2, 0.25) is 11.8 Å². The highest BCUT2D eigenvalue weighted by molar-refractivity contribution is 6.30. The molecule has 4 rings (SSSR count). The summed E-state index contributed by atoms with van der Waals surface area (Å²) in [4.78, 5) is 40.0. The Morgan fingerprint density at radius 3 is 2.74 bits per heavy atom. The first-order valence-electron chi connectivity index (χ1n) is 12.2. The van der Waals surface area contributed by atoms with E-state index in [0.717, 1.165) is 4.90 Å². The molecule has 1 aromatic heterocycles. The molecule has 2 aromatic carbocycles. The third-order valence-corrected chi connectivity index (χ3v) is 6.35. The standard InChI is InChI=1S/C25H24ClF2N3O4/c1-14(32)17-11-30(20-9-4-3-7-16(17)20)13-21(33)31-12-19(27)24(35-2)23(31)25(34)29-10-15-6-5-8-18(26)22(15)28/h3-9,11,19,23-24H,10,12-13H2,1-2H3,(H,29,34)/t19-,23-,24+/m0/s1/i1D3. The third kappa shape index (κ3) is 4.78. The smallest absolute Gasteiger partial charge is 0.245 e. The monoisotopic (exact) mass is 506 g/mol. The van der Waals surface area contributed by atoms with Gasteiger partial charge in [0, 0.05) is 46.0 Å². The van der Waals surface area contributed by atoms with Gasteiger partial charge in [0.05, 0.1) is 11.6 Å². The van der Waals surface area contributed by atoms with Crippen molar-refractivity contribution in [3.63, 3.8) is 0 Å². The number of benzene rings is 2. The molecule has 1 N–H and O–H groups in total. The van der Waals surface area contributed by atoms with Crippen LogP contribution in [0.3, 0.4) is 0 Å². The molecule has 1 saturated heterocycles. The molecule has 0 unspecified atom stereocenters. The highest BCUT2D eigenvalue weighted by atomic mass is 35.5. The predicted molar refractivity (Wildman–Crippen MR) is 126 cm³/mol. The summed E-state index contributed by atoms with van der Waals surface area (Å²) in [6.07, 6.45) is -1.67. The van der Waals surface area contributed by atoms with E-state index in [9.17, 15) is 23.2 Å². The number of para-hydroxylation sites is 1. The van der Waals surface area contributed by atoms with Gasteiger partial charge in [-0.1, -0.05) is 41.9 Å². The molecule has 1 aliphatic heterocycles. The Morgan fingerprint density at radius 2 is 2.00 bits per heavy atom. The number of Topliss-reactive ketones (excluding diaryl/α,β-unsaturated/α-hetero) is 1. The molecule has 35 heavy (non-hydrogen) atoms. The average molecular weight is 507 g/mol. The Morgan fingerprint density at radius 1 is 1.23 bits per heavy atom. The van der Waals surface area contributed by atoms with Crippen LogP contribution in [-0.4, -0.2) is 59.0 Å². The minimum atomic E-state index is -2.88. The number of hydrogen-bond acceptors (Lipinski definition) is 4. The number of nitrogens with one attached hydrogen (secondary N) is 1. The van der Waals surface area contributed by atoms with Crippen LogP contribution in [0.2, 0.25) is 5.02 Å². The molecule has 3 atom stereocenters. The van der Waals surface area contributed by atoms with Crippen LogP contribution in [0.25, 0.3) is 10.9 Å². The summed E-state index contributed by atoms with van der Waals surface area (Å²) in [5.74, 6) is -3.19. The summed E-state index contributed by atoms with van der Waals surface area (Å²) in [6.45, 7) is -3.96. The van der Waals surface area contributed by atoms with Crippen LogP contribution in [0.4, 0.5) is 8.78 Å². The second-order valence-electron chi connectivity index (χ2n) is 8.15. The van der Waals surface area contributed by atoms with E-state index in [0.29, 0.717) is 10.9 Å². The normalized spacial score (nSPS) is 21.4. The zero-order chi connectivity index (χ0) is 27.8. The van der Waals surface area contributed by atoms with Crippen LogP contribution < -0.4 is 5.32 Å². The first-order chi connectivity index (χ1) is 17.9. The van der Waals surface area contributed by atoms with Crippen LogP contribution in [0, 0.1) is 5.82 Å². The van der Waals surface area contributed by atoms with Crippen molar-refractivity contribution in [1.29, 1.82) is 0 Å². The van der Waals surface area contributed by atoms with E-state index in [1.165, 1.54) is 36.1 Å². The number of ether oxygens (including phenoxy) is 1. The van der Waals surface area contributed by atoms with Crippen LogP contribution >= 0.6 is 11.6 Å². The van der Waals surface area contributed by atoms with Crippen molar-refractivity contribution in [2.75, 3.05) is 13.7 Å². The van der Waals surface area contributed by atoms with E-state index >= 15 is 0 Å². The SMILES string of the molecule is [2H]C([2H])([2H])C(=O)c1cn(CC(=O)N2C[C@H](F)[C@@H](OC)[C@H]2C(=O)NCc2cccc(Cl)c2F)c2ccccc12. The van der Waals surface area contributed by atoms with Gasteiger partial charge in [-0.3, -0.25) is 14.4 Å². The van der Waals surface area contributed by atoms with Crippen molar-refractivity contribution in [1.82, 2.24) is 14.8 Å². The van der Waals surface area contributed by atoms with Crippen molar-refractivity contribution < 1.29 is 32.0 Å². The Kier molecular flexibility index (Phi) is 6.08. The van der Waals surface area contributed by atoms with Crippen molar-refractivity contribution in [2.45, 2.75) is 38.3 Å². The van der Waals surface area contributed by atoms with Crippen molar-refractivity contribution in [2.24, 2.45) is 0 Å². The number of ketones is 1. The first-order valence-corrected chi connectivity index (χ1v) is 11.1. The van der Waals surface area contributed by atoms with Gasteiger partial charge in [-0.2, -0.15) is 0 Å². The molecule has 1 fully saturated rings. The van der Waals surface area contributed by atoms with E-state index in [4.69, 9.17) is 20.5 Å². The molecule has 0 bridgehead atoms. The number of aromatic nitrogens is 1. The second-order valence-corrected chi connectivity index (χ2v) is 8.56. The number of likely N-dealkylation sites (tertiary alicyclic amines) is 1. The Labute approximate surface area is 209 Å². The second kappa shape index (κ2) is 10.1. The zero-order valence-electron chi connectivity index (χ0n) is 21.6. The minimum absolute atomic E-state index is 0.0780. The molecule has 3 aromatic rings. The van der Waals surface area contributed by atoms with Crippen LogP contribution in [0.1, 0.15) is 26.9 Å². The Balaban J connectivity index is 1.59. The van der Waals surface area contributed by atoms with Crippen molar-refractivity contribution >= 4 is 40.1 Å². The van der Waals surface area contributed by atoms with Crippen molar-refractivity contribution in [3.8, 4) is 0 Å². The van der Waals surface area contributed by atoms with Gasteiger partial charge in [0.1, 0.15) is 30.7 Å². The fourth-order valence-corrected chi connectivity index (χ4v) is 4.57. The lowest BCUT2D eigenvalue weighted by atomic mass is 10.1. The lowest BCUT2D eigenvalue weighted by Crippen LogP contribution is -2.51. The van der Waals surface area contributed by atoms with Gasteiger partial charge in [-0.15, -0.1) is 0 Å². The van der Waals surface area contributed by atoms with Gasteiger partial charge in [0.15, 0.2) is 5.78 Å². The summed E-state index contributed by atoms with van der Waals surface area (Å²) in [6, 6.07) is 9.42. The minimum Gasteiger partial charge on any atom is -0.376 e. The topological polar surface area (TPSA) is 80.6 Å². The summed E-state index contributed by atoms with van der Waals surface area (Å²) in [5, 5.41) is 2.74. The molecule has 184 valence electrons. The van der Waals surface area contributed by atoms with E-state index in [1.54, 1.807) is 24.3 Å². The third-order valence-electron chi connectivity index (χ3n) is 6.06. The maximum absolute atomic E-state index is 14.8. The molecular formula is C25H24ClF2N3O4. The molecule has 1 aliphatic rings. The number of methoxy groups -OCH3 is 1. The number of fused-ring (bicyclic) bond motifs is 1. The number of hydrogen-bond donors (Lipinski definition) is 1. The van der Waals surface area contributed by atoms with E-state index < -0.39 is 61.7 Å². The first kappa shape index (κ1) is 21.0. The molecule has 7 nitrogen and oxygen atoms in total. The quantitative estimate of drug-likeness (QED) is 0.497. The number of carbonyl (C=O) groups excluding carboxylic acids is 3. The summed E-state index contributed by atoms with van der Waals surface area (Å²) < 4.78 is 58.1. The highest BCUT2D eigenvalue weighted by Crippen LogP contribution is 2.27. The zero-order valence-corrected chi connectivity index (χ0v) is 19.4. The largest absolute Gasteiger partial charge is 0.376 e. The van der Waals surface area contributed by atoms with Crippen LogP contribution in [0.5, 0.6) is 0 Å². The summed E-state index contributed by atoms with van der Waals surface area (Å²) in [7, 11) is 1.22. The van der Waals surface area contributed by atoms with Gasteiger partial charge in [-0.05, 0) is 19.0 Å².